The summed E-state index contributed by atoms with van der Waals surface area (Å²) in [6, 6.07) is 15.5. The number of anilines is 1. The Balaban J connectivity index is 1.48. The first kappa shape index (κ1) is 13.5. The predicted molar refractivity (Wildman–Crippen MR) is 82.1 cm³/mol. The van der Waals surface area contributed by atoms with Crippen molar-refractivity contribution in [3.63, 3.8) is 0 Å². The van der Waals surface area contributed by atoms with Gasteiger partial charge in [0.15, 0.2) is 6.10 Å². The molecule has 0 aliphatic carbocycles. The van der Waals surface area contributed by atoms with Crippen LogP contribution >= 0.6 is 0 Å². The van der Waals surface area contributed by atoms with Gasteiger partial charge in [-0.25, -0.2) is 0 Å². The van der Waals surface area contributed by atoms with E-state index in [0.717, 1.165) is 29.0 Å². The van der Waals surface area contributed by atoms with Crippen molar-refractivity contribution in [2.45, 2.75) is 18.9 Å². The van der Waals surface area contributed by atoms with Gasteiger partial charge in [0.05, 0.1) is 0 Å². The lowest BCUT2D eigenvalue weighted by Crippen LogP contribution is -2.38. The highest BCUT2D eigenvalue weighted by molar-refractivity contribution is 5.82. The van der Waals surface area contributed by atoms with Gasteiger partial charge in [0.2, 0.25) is 0 Å². The van der Waals surface area contributed by atoms with Crippen molar-refractivity contribution in [1.29, 1.82) is 0 Å². The van der Waals surface area contributed by atoms with Crippen molar-refractivity contribution in [1.82, 2.24) is 5.32 Å². The molecule has 0 bridgehead atoms. The largest absolute Gasteiger partial charge is 0.480 e. The van der Waals surface area contributed by atoms with Crippen LogP contribution < -0.4 is 15.8 Å². The number of hydrogen-bond acceptors (Lipinski definition) is 3. The number of hydrogen-bond donors (Lipinski definition) is 2. The van der Waals surface area contributed by atoms with Gasteiger partial charge in [-0.05, 0) is 35.7 Å². The van der Waals surface area contributed by atoms with E-state index in [-0.39, 0.29) is 5.91 Å². The lowest BCUT2D eigenvalue weighted by Gasteiger charge is -2.11. The number of ether oxygens (including phenoxy) is 1. The Morgan fingerprint density at radius 3 is 2.71 bits per heavy atom. The van der Waals surface area contributed by atoms with Crippen LogP contribution in [0.3, 0.4) is 0 Å². The number of carbonyl (C=O) groups excluding carboxylic acids is 1. The van der Waals surface area contributed by atoms with Gasteiger partial charge in [-0.1, -0.05) is 30.3 Å². The second kappa shape index (κ2) is 5.87. The molecule has 4 nitrogen and oxygen atoms in total. The Labute approximate surface area is 123 Å². The van der Waals surface area contributed by atoms with Gasteiger partial charge in [0.1, 0.15) is 5.75 Å². The Bertz CT molecular complexity index is 612. The van der Waals surface area contributed by atoms with Gasteiger partial charge in [-0.3, -0.25) is 4.79 Å². The highest BCUT2D eigenvalue weighted by atomic mass is 16.5. The van der Waals surface area contributed by atoms with Crippen molar-refractivity contribution < 1.29 is 9.53 Å². The molecule has 4 heteroatoms. The summed E-state index contributed by atoms with van der Waals surface area (Å²) in [5.41, 5.74) is 8.64. The molecule has 0 saturated carbocycles. The van der Waals surface area contributed by atoms with Crippen LogP contribution in [0, 0.1) is 0 Å². The Hall–Kier alpha value is -2.49. The number of para-hydroxylation sites is 1. The highest BCUT2D eigenvalue weighted by Gasteiger charge is 2.28. The highest BCUT2D eigenvalue weighted by Crippen LogP contribution is 2.28. The molecular weight excluding hydrogens is 264 g/mol. The van der Waals surface area contributed by atoms with Crippen LogP contribution in [-0.2, 0) is 17.6 Å². The van der Waals surface area contributed by atoms with E-state index in [2.05, 4.69) is 5.32 Å². The quantitative estimate of drug-likeness (QED) is 0.842. The van der Waals surface area contributed by atoms with E-state index in [1.807, 2.05) is 48.5 Å². The fraction of sp³-hybridized carbons (Fsp3) is 0.235. The average molecular weight is 282 g/mol. The topological polar surface area (TPSA) is 64.3 Å². The Kier molecular flexibility index (Phi) is 3.77. The third kappa shape index (κ3) is 3.16. The number of amides is 1. The number of fused-ring (bicyclic) bond motifs is 1. The minimum Gasteiger partial charge on any atom is -0.480 e. The molecule has 3 N–H and O–H groups in total. The van der Waals surface area contributed by atoms with E-state index in [9.17, 15) is 4.79 Å². The molecule has 1 atom stereocenters. The maximum Gasteiger partial charge on any atom is 0.261 e. The van der Waals surface area contributed by atoms with Crippen molar-refractivity contribution >= 4 is 11.6 Å². The standard InChI is InChI=1S/C17H18N2O2/c18-14-7-5-12(6-8-14)9-10-19-17(20)16-11-13-3-1-2-4-15(13)21-16/h1-8,16H,9-11,18H2,(H,19,20). The van der Waals surface area contributed by atoms with E-state index in [0.29, 0.717) is 13.0 Å². The van der Waals surface area contributed by atoms with Crippen molar-refractivity contribution in [3.05, 3.63) is 59.7 Å². The molecular formula is C17H18N2O2. The monoisotopic (exact) mass is 282 g/mol. The summed E-state index contributed by atoms with van der Waals surface area (Å²) < 4.78 is 5.66. The first-order valence-electron chi connectivity index (χ1n) is 7.09. The van der Waals surface area contributed by atoms with Crippen molar-refractivity contribution in [3.8, 4) is 5.75 Å². The molecule has 1 aliphatic heterocycles. The molecule has 0 saturated heterocycles. The molecule has 0 spiro atoms. The van der Waals surface area contributed by atoms with E-state index in [1.165, 1.54) is 0 Å². The molecule has 0 aromatic heterocycles. The Morgan fingerprint density at radius 2 is 1.95 bits per heavy atom. The molecule has 1 amide bonds. The van der Waals surface area contributed by atoms with Gasteiger partial charge >= 0.3 is 0 Å². The number of nitrogens with one attached hydrogen (secondary N) is 1. The fourth-order valence-electron chi connectivity index (χ4n) is 2.46. The van der Waals surface area contributed by atoms with Crippen molar-refractivity contribution in [2.24, 2.45) is 0 Å². The van der Waals surface area contributed by atoms with Crippen molar-refractivity contribution in [2.75, 3.05) is 12.3 Å². The second-order valence-electron chi connectivity index (χ2n) is 5.20. The minimum absolute atomic E-state index is 0.0540. The first-order valence-corrected chi connectivity index (χ1v) is 7.09. The minimum atomic E-state index is -0.409. The smallest absolute Gasteiger partial charge is 0.261 e. The molecule has 0 radical (unpaired) electrons. The summed E-state index contributed by atoms with van der Waals surface area (Å²) >= 11 is 0. The van der Waals surface area contributed by atoms with E-state index in [1.54, 1.807) is 0 Å². The van der Waals surface area contributed by atoms with E-state index in [4.69, 9.17) is 10.5 Å². The average Bonchev–Trinajstić information content (AvgIpc) is 2.93. The van der Waals surface area contributed by atoms with Crippen LogP contribution in [0.25, 0.3) is 0 Å². The van der Waals surface area contributed by atoms with E-state index >= 15 is 0 Å². The molecule has 108 valence electrons. The van der Waals surface area contributed by atoms with Gasteiger partial charge in [-0.2, -0.15) is 0 Å². The van der Waals surface area contributed by atoms with Gasteiger partial charge < -0.3 is 15.8 Å². The summed E-state index contributed by atoms with van der Waals surface area (Å²) in [7, 11) is 0. The molecule has 0 fully saturated rings. The zero-order valence-electron chi connectivity index (χ0n) is 11.7. The molecule has 2 aromatic rings. The normalized spacial score (nSPS) is 16.1. The van der Waals surface area contributed by atoms with Gasteiger partial charge in [0, 0.05) is 18.7 Å². The van der Waals surface area contributed by atoms with Crippen LogP contribution in [0.4, 0.5) is 5.69 Å². The SMILES string of the molecule is Nc1ccc(CCNC(=O)C2Cc3ccccc3O2)cc1. The molecule has 1 heterocycles. The maximum absolute atomic E-state index is 12.1. The Morgan fingerprint density at radius 1 is 1.19 bits per heavy atom. The van der Waals surface area contributed by atoms with Gasteiger partial charge in [-0.15, -0.1) is 0 Å². The summed E-state index contributed by atoms with van der Waals surface area (Å²) in [4.78, 5) is 12.1. The second-order valence-corrected chi connectivity index (χ2v) is 5.20. The lowest BCUT2D eigenvalue weighted by molar-refractivity contribution is -0.127. The number of carbonyl (C=O) groups is 1. The first-order chi connectivity index (χ1) is 10.2. The summed E-state index contributed by atoms with van der Waals surface area (Å²) in [5, 5.41) is 2.93. The summed E-state index contributed by atoms with van der Waals surface area (Å²) in [6.45, 7) is 0.596. The van der Waals surface area contributed by atoms with Crippen LogP contribution in [0.5, 0.6) is 5.75 Å². The predicted octanol–water partition coefficient (Wildman–Crippen LogP) is 1.93. The van der Waals surface area contributed by atoms with Gasteiger partial charge in [0.25, 0.3) is 5.91 Å². The van der Waals surface area contributed by atoms with E-state index < -0.39 is 6.10 Å². The zero-order chi connectivity index (χ0) is 14.7. The molecule has 1 aliphatic rings. The zero-order valence-corrected chi connectivity index (χ0v) is 11.7. The third-order valence-corrected chi connectivity index (χ3v) is 3.63. The number of nitrogen functional groups attached to an aromatic ring is 1. The molecule has 21 heavy (non-hydrogen) atoms. The molecule has 1 unspecified atom stereocenters. The molecule has 3 rings (SSSR count). The van der Waals surface area contributed by atoms with Crippen LogP contribution in [-0.4, -0.2) is 18.6 Å². The van der Waals surface area contributed by atoms with Crippen LogP contribution in [0.2, 0.25) is 0 Å². The maximum atomic E-state index is 12.1. The van der Waals surface area contributed by atoms with Crippen LogP contribution in [0.15, 0.2) is 48.5 Å². The number of nitrogens with two attached hydrogens (primary N) is 1. The number of benzene rings is 2. The fourth-order valence-corrected chi connectivity index (χ4v) is 2.46. The van der Waals surface area contributed by atoms with Crippen LogP contribution in [0.1, 0.15) is 11.1 Å². The lowest BCUT2D eigenvalue weighted by atomic mass is 10.1. The summed E-state index contributed by atoms with van der Waals surface area (Å²) in [5.74, 6) is 0.762. The molecule has 2 aromatic carbocycles. The summed E-state index contributed by atoms with van der Waals surface area (Å²) in [6.07, 6.45) is 1.02. The third-order valence-electron chi connectivity index (χ3n) is 3.63. The number of rotatable bonds is 4.